The largest absolute Gasteiger partial charge is 0.376 e. The van der Waals surface area contributed by atoms with Gasteiger partial charge >= 0.3 is 5.69 Å². The highest BCUT2D eigenvalue weighted by molar-refractivity contribution is 5.39. The van der Waals surface area contributed by atoms with E-state index < -0.39 is 0 Å². The minimum atomic E-state index is -0.112. The number of hydrogen-bond acceptors (Lipinski definition) is 4. The average molecular weight is 290 g/mol. The summed E-state index contributed by atoms with van der Waals surface area (Å²) in [5.74, 6) is 0.963. The van der Waals surface area contributed by atoms with E-state index in [1.54, 1.807) is 4.40 Å². The summed E-state index contributed by atoms with van der Waals surface area (Å²) in [4.78, 5) is 17.2. The minimum Gasteiger partial charge on any atom is -0.376 e. The lowest BCUT2D eigenvalue weighted by molar-refractivity contribution is 0.0931. The molecule has 0 spiro atoms. The quantitative estimate of drug-likeness (QED) is 0.860. The maximum atomic E-state index is 12.6. The maximum absolute atomic E-state index is 12.6. The van der Waals surface area contributed by atoms with Crippen LogP contribution in [0.3, 0.4) is 0 Å². The molecular weight excluding hydrogens is 268 g/mol. The molecule has 3 rings (SSSR count). The van der Waals surface area contributed by atoms with Crippen LogP contribution in [0.4, 0.5) is 0 Å². The van der Waals surface area contributed by atoms with Gasteiger partial charge in [-0.15, -0.1) is 5.10 Å². The number of rotatable bonds is 4. The summed E-state index contributed by atoms with van der Waals surface area (Å²) >= 11 is 0. The number of aryl methyl sites for hydroxylation is 1. The molecule has 1 aliphatic heterocycles. The zero-order valence-corrected chi connectivity index (χ0v) is 12.9. The molecule has 0 unspecified atom stereocenters. The van der Waals surface area contributed by atoms with Crippen LogP contribution in [-0.2, 0) is 17.7 Å². The minimum absolute atomic E-state index is 0.105. The topological polar surface area (TPSA) is 61.4 Å². The van der Waals surface area contributed by atoms with Gasteiger partial charge in [-0.3, -0.25) is 0 Å². The van der Waals surface area contributed by atoms with E-state index in [1.165, 1.54) is 4.68 Å². The Labute approximate surface area is 123 Å². The number of ether oxygens (including phenoxy) is 1. The monoisotopic (exact) mass is 290 g/mol. The highest BCUT2D eigenvalue weighted by Crippen LogP contribution is 2.16. The second-order valence-electron chi connectivity index (χ2n) is 5.91. The van der Waals surface area contributed by atoms with Crippen LogP contribution in [0.5, 0.6) is 0 Å². The molecule has 0 aromatic carbocycles. The second kappa shape index (κ2) is 5.60. The molecule has 0 saturated carbocycles. The Balaban J connectivity index is 2.09. The second-order valence-corrected chi connectivity index (χ2v) is 5.91. The fourth-order valence-electron chi connectivity index (χ4n) is 2.78. The van der Waals surface area contributed by atoms with Crippen molar-refractivity contribution in [1.29, 1.82) is 0 Å². The van der Waals surface area contributed by atoms with E-state index in [2.05, 4.69) is 17.0 Å². The van der Waals surface area contributed by atoms with Crippen LogP contribution in [0, 0.1) is 0 Å². The van der Waals surface area contributed by atoms with Crippen molar-refractivity contribution >= 4 is 5.65 Å². The van der Waals surface area contributed by atoms with Gasteiger partial charge in [0.05, 0.1) is 12.6 Å². The van der Waals surface area contributed by atoms with Gasteiger partial charge in [0.15, 0.2) is 5.65 Å². The van der Waals surface area contributed by atoms with Crippen molar-refractivity contribution in [1.82, 2.24) is 19.2 Å². The molecule has 114 valence electrons. The molecule has 6 heteroatoms. The standard InChI is InChI=1S/C15H22N4O2/c1-4-11-8-13-17-18(9-12-6-5-7-21-12)15(20)19(13)14(16-11)10(2)3/h8,10,12H,4-7,9H2,1-3H3/t12-/m1/s1. The van der Waals surface area contributed by atoms with E-state index in [0.29, 0.717) is 12.2 Å². The van der Waals surface area contributed by atoms with Gasteiger partial charge in [-0.25, -0.2) is 18.9 Å². The van der Waals surface area contributed by atoms with E-state index >= 15 is 0 Å². The van der Waals surface area contributed by atoms with Gasteiger partial charge < -0.3 is 4.74 Å². The molecule has 1 atom stereocenters. The van der Waals surface area contributed by atoms with Crippen molar-refractivity contribution in [3.05, 3.63) is 28.1 Å². The molecule has 3 heterocycles. The van der Waals surface area contributed by atoms with Crippen molar-refractivity contribution in [3.8, 4) is 0 Å². The number of hydrogen-bond donors (Lipinski definition) is 0. The van der Waals surface area contributed by atoms with Crippen molar-refractivity contribution in [3.63, 3.8) is 0 Å². The first-order valence-corrected chi connectivity index (χ1v) is 7.71. The van der Waals surface area contributed by atoms with Crippen LogP contribution in [0.1, 0.15) is 51.0 Å². The molecule has 0 N–H and O–H groups in total. The summed E-state index contributed by atoms with van der Waals surface area (Å²) in [7, 11) is 0. The fourth-order valence-corrected chi connectivity index (χ4v) is 2.78. The van der Waals surface area contributed by atoms with Crippen molar-refractivity contribution < 1.29 is 4.74 Å². The molecule has 0 radical (unpaired) electrons. The van der Waals surface area contributed by atoms with Crippen LogP contribution in [0.2, 0.25) is 0 Å². The Morgan fingerprint density at radius 1 is 1.48 bits per heavy atom. The molecule has 0 aliphatic carbocycles. The molecule has 6 nitrogen and oxygen atoms in total. The molecule has 1 aliphatic rings. The third kappa shape index (κ3) is 2.60. The van der Waals surface area contributed by atoms with Crippen LogP contribution < -0.4 is 5.69 Å². The summed E-state index contributed by atoms with van der Waals surface area (Å²) in [6.45, 7) is 7.46. The lowest BCUT2D eigenvalue weighted by atomic mass is 10.2. The first-order valence-electron chi connectivity index (χ1n) is 7.71. The normalized spacial score (nSPS) is 19.0. The third-order valence-electron chi connectivity index (χ3n) is 3.93. The van der Waals surface area contributed by atoms with Gasteiger partial charge in [0.2, 0.25) is 0 Å². The summed E-state index contributed by atoms with van der Waals surface area (Å²) in [5, 5.41) is 4.47. The van der Waals surface area contributed by atoms with E-state index in [-0.39, 0.29) is 17.7 Å². The summed E-state index contributed by atoms with van der Waals surface area (Å²) in [6.07, 6.45) is 3.00. The van der Waals surface area contributed by atoms with Crippen LogP contribution in [0.15, 0.2) is 10.9 Å². The van der Waals surface area contributed by atoms with Crippen LogP contribution in [0.25, 0.3) is 5.65 Å². The summed E-state index contributed by atoms with van der Waals surface area (Å²) in [5.41, 5.74) is 1.55. The van der Waals surface area contributed by atoms with E-state index in [1.807, 2.05) is 19.9 Å². The highest BCUT2D eigenvalue weighted by Gasteiger charge is 2.20. The van der Waals surface area contributed by atoms with Gasteiger partial charge in [-0.05, 0) is 19.3 Å². The molecule has 0 bridgehead atoms. The number of nitrogens with zero attached hydrogens (tertiary/aromatic N) is 4. The predicted octanol–water partition coefficient (Wildman–Crippen LogP) is 1.76. The SMILES string of the molecule is CCc1cc2nn(C[C@H]3CCCO3)c(=O)n2c(C(C)C)n1. The molecular formula is C15H22N4O2. The van der Waals surface area contributed by atoms with Crippen molar-refractivity contribution in [2.24, 2.45) is 0 Å². The molecule has 21 heavy (non-hydrogen) atoms. The lowest BCUT2D eigenvalue weighted by Gasteiger charge is -2.08. The Hall–Kier alpha value is -1.69. The summed E-state index contributed by atoms with van der Waals surface area (Å²) in [6, 6.07) is 1.90. The molecule has 1 fully saturated rings. The van der Waals surface area contributed by atoms with E-state index in [9.17, 15) is 4.79 Å². The third-order valence-corrected chi connectivity index (χ3v) is 3.93. The molecule has 0 amide bonds. The van der Waals surface area contributed by atoms with Gasteiger partial charge in [0.1, 0.15) is 5.82 Å². The number of aromatic nitrogens is 4. The Morgan fingerprint density at radius 2 is 2.29 bits per heavy atom. The van der Waals surface area contributed by atoms with E-state index in [0.717, 1.165) is 37.4 Å². The molecule has 1 saturated heterocycles. The first kappa shape index (κ1) is 14.3. The smallest absolute Gasteiger partial charge is 0.351 e. The average Bonchev–Trinajstić information content (AvgIpc) is 3.07. The molecule has 2 aromatic rings. The fraction of sp³-hybridized carbons (Fsp3) is 0.667. The first-order chi connectivity index (χ1) is 10.1. The van der Waals surface area contributed by atoms with Crippen molar-refractivity contribution in [2.45, 2.75) is 58.6 Å². The van der Waals surface area contributed by atoms with Crippen LogP contribution >= 0.6 is 0 Å². The van der Waals surface area contributed by atoms with Gasteiger partial charge in [0, 0.05) is 24.3 Å². The molecule has 2 aromatic heterocycles. The predicted molar refractivity (Wildman–Crippen MR) is 79.7 cm³/mol. The Bertz CT molecular complexity index is 695. The maximum Gasteiger partial charge on any atom is 0.351 e. The lowest BCUT2D eigenvalue weighted by Crippen LogP contribution is -2.28. The highest BCUT2D eigenvalue weighted by atomic mass is 16.5. The van der Waals surface area contributed by atoms with Gasteiger partial charge in [-0.2, -0.15) is 0 Å². The van der Waals surface area contributed by atoms with Gasteiger partial charge in [0.25, 0.3) is 0 Å². The zero-order chi connectivity index (χ0) is 15.0. The van der Waals surface area contributed by atoms with Crippen LogP contribution in [-0.4, -0.2) is 31.9 Å². The Morgan fingerprint density at radius 3 is 2.90 bits per heavy atom. The van der Waals surface area contributed by atoms with E-state index in [4.69, 9.17) is 4.74 Å². The summed E-state index contributed by atoms with van der Waals surface area (Å²) < 4.78 is 8.77. The van der Waals surface area contributed by atoms with Gasteiger partial charge in [-0.1, -0.05) is 20.8 Å². The number of fused-ring (bicyclic) bond motifs is 1. The Kier molecular flexibility index (Phi) is 3.80. The zero-order valence-electron chi connectivity index (χ0n) is 12.9. The van der Waals surface area contributed by atoms with Crippen molar-refractivity contribution in [2.75, 3.05) is 6.61 Å².